The highest BCUT2D eigenvalue weighted by Gasteiger charge is 2.17. The van der Waals surface area contributed by atoms with Crippen LogP contribution in [0.4, 0.5) is 0 Å². The van der Waals surface area contributed by atoms with E-state index >= 15 is 0 Å². The zero-order valence-electron chi connectivity index (χ0n) is 16.6. The van der Waals surface area contributed by atoms with Crippen LogP contribution in [0.1, 0.15) is 96.8 Å². The lowest BCUT2D eigenvalue weighted by molar-refractivity contribution is -0.119. The molecule has 1 saturated heterocycles. The molecule has 0 bridgehead atoms. The first kappa shape index (κ1) is 22.6. The number of nitrogens with zero attached hydrogens (tertiary/aromatic N) is 1. The molecule has 1 fully saturated rings. The number of unbranched alkanes of at least 4 members (excludes halogenated alkanes) is 10. The Balaban J connectivity index is 1.85. The van der Waals surface area contributed by atoms with Crippen molar-refractivity contribution in [3.63, 3.8) is 0 Å². The van der Waals surface area contributed by atoms with E-state index in [1.54, 1.807) is 0 Å². The molecular formula is C21H42N2O2. The first-order valence-electron chi connectivity index (χ1n) is 10.8. The van der Waals surface area contributed by atoms with Gasteiger partial charge in [0, 0.05) is 25.9 Å². The average molecular weight is 355 g/mol. The molecule has 1 heterocycles. The summed E-state index contributed by atoms with van der Waals surface area (Å²) in [4.78, 5) is 14.2. The van der Waals surface area contributed by atoms with Gasteiger partial charge in [0.15, 0.2) is 0 Å². The highest BCUT2D eigenvalue weighted by Crippen LogP contribution is 2.13. The molecule has 0 saturated carbocycles. The van der Waals surface area contributed by atoms with Gasteiger partial charge in [-0.05, 0) is 12.8 Å². The van der Waals surface area contributed by atoms with Crippen LogP contribution >= 0.6 is 0 Å². The van der Waals surface area contributed by atoms with E-state index in [-0.39, 0.29) is 6.17 Å². The van der Waals surface area contributed by atoms with Crippen molar-refractivity contribution in [3.05, 3.63) is 0 Å². The van der Waals surface area contributed by atoms with Crippen LogP contribution in [0, 0.1) is 0 Å². The smallest absolute Gasteiger partial charge is 0.133 e. The van der Waals surface area contributed by atoms with Crippen molar-refractivity contribution in [2.24, 2.45) is 5.73 Å². The first-order valence-corrected chi connectivity index (χ1v) is 10.8. The molecule has 0 amide bonds. The second-order valence-electron chi connectivity index (χ2n) is 7.58. The number of rotatable bonds is 16. The van der Waals surface area contributed by atoms with Crippen molar-refractivity contribution in [1.29, 1.82) is 0 Å². The number of carbonyl (C=O) groups is 1. The number of hydrogen-bond acceptors (Lipinski definition) is 4. The number of hydrogen-bond donors (Lipinski definition) is 1. The minimum Gasteiger partial charge on any atom is -0.379 e. The molecule has 1 aliphatic heterocycles. The maximum absolute atomic E-state index is 12.0. The molecule has 0 radical (unpaired) electrons. The van der Waals surface area contributed by atoms with Gasteiger partial charge in [-0.2, -0.15) is 0 Å². The monoisotopic (exact) mass is 354 g/mol. The topological polar surface area (TPSA) is 55.6 Å². The number of nitrogens with two attached hydrogens (primary N) is 1. The number of ketones is 1. The zero-order valence-corrected chi connectivity index (χ0v) is 16.6. The lowest BCUT2D eigenvalue weighted by Gasteiger charge is -2.31. The Morgan fingerprint density at radius 3 is 1.96 bits per heavy atom. The van der Waals surface area contributed by atoms with E-state index < -0.39 is 0 Å². The molecule has 1 unspecified atom stereocenters. The molecule has 1 aliphatic rings. The average Bonchev–Trinajstić information content (AvgIpc) is 2.65. The van der Waals surface area contributed by atoms with Gasteiger partial charge >= 0.3 is 0 Å². The first-order chi connectivity index (χ1) is 12.2. The third-order valence-electron chi connectivity index (χ3n) is 5.29. The molecule has 0 spiro atoms. The molecule has 0 aliphatic carbocycles. The zero-order chi connectivity index (χ0) is 18.2. The van der Waals surface area contributed by atoms with Crippen LogP contribution in [0.15, 0.2) is 0 Å². The second-order valence-corrected chi connectivity index (χ2v) is 7.58. The molecule has 1 atom stereocenters. The Morgan fingerprint density at radius 2 is 1.40 bits per heavy atom. The van der Waals surface area contributed by atoms with Crippen molar-refractivity contribution in [2.45, 2.75) is 103 Å². The van der Waals surface area contributed by atoms with Gasteiger partial charge in [-0.1, -0.05) is 71.1 Å². The molecular weight excluding hydrogens is 312 g/mol. The second kappa shape index (κ2) is 15.8. The molecule has 2 N–H and O–H groups in total. The van der Waals surface area contributed by atoms with Crippen LogP contribution in [0.25, 0.3) is 0 Å². The van der Waals surface area contributed by atoms with Crippen LogP contribution in [-0.4, -0.2) is 43.2 Å². The summed E-state index contributed by atoms with van der Waals surface area (Å²) in [5.41, 5.74) is 6.18. The largest absolute Gasteiger partial charge is 0.379 e. The van der Waals surface area contributed by atoms with Gasteiger partial charge in [0.1, 0.15) is 5.78 Å². The summed E-state index contributed by atoms with van der Waals surface area (Å²) < 4.78 is 5.33. The van der Waals surface area contributed by atoms with Gasteiger partial charge < -0.3 is 10.5 Å². The highest BCUT2D eigenvalue weighted by atomic mass is 16.5. The Hall–Kier alpha value is -0.450. The summed E-state index contributed by atoms with van der Waals surface area (Å²) >= 11 is 0. The van der Waals surface area contributed by atoms with Crippen LogP contribution < -0.4 is 5.73 Å². The van der Waals surface area contributed by atoms with Gasteiger partial charge in [-0.25, -0.2) is 0 Å². The van der Waals surface area contributed by atoms with Crippen molar-refractivity contribution in [3.8, 4) is 0 Å². The Kier molecular flexibility index (Phi) is 14.3. The molecule has 0 aromatic rings. The maximum atomic E-state index is 12.0. The third-order valence-corrected chi connectivity index (χ3v) is 5.29. The standard InChI is InChI=1S/C21H42N2O2/c1-2-3-4-5-6-7-8-9-10-11-12-13-20(24)14-15-21(22)23-16-18-25-19-17-23/h21H,2-19,22H2,1H3. The van der Waals surface area contributed by atoms with Crippen molar-refractivity contribution in [2.75, 3.05) is 26.3 Å². The van der Waals surface area contributed by atoms with E-state index in [9.17, 15) is 4.79 Å². The number of morpholine rings is 1. The highest BCUT2D eigenvalue weighted by molar-refractivity contribution is 5.78. The maximum Gasteiger partial charge on any atom is 0.133 e. The molecule has 4 heteroatoms. The fourth-order valence-electron chi connectivity index (χ4n) is 3.51. The predicted octanol–water partition coefficient (Wildman–Crippen LogP) is 4.65. The van der Waals surface area contributed by atoms with E-state index in [1.165, 1.54) is 64.2 Å². The summed E-state index contributed by atoms with van der Waals surface area (Å²) in [7, 11) is 0. The summed E-state index contributed by atoms with van der Waals surface area (Å²) in [6.07, 6.45) is 16.8. The van der Waals surface area contributed by atoms with Gasteiger partial charge in [-0.15, -0.1) is 0 Å². The van der Waals surface area contributed by atoms with E-state index in [0.717, 1.165) is 45.6 Å². The Bertz CT molecular complexity index is 317. The fraction of sp³-hybridized carbons (Fsp3) is 0.952. The van der Waals surface area contributed by atoms with E-state index in [0.29, 0.717) is 12.2 Å². The van der Waals surface area contributed by atoms with E-state index in [2.05, 4.69) is 11.8 Å². The molecule has 25 heavy (non-hydrogen) atoms. The van der Waals surface area contributed by atoms with Gasteiger partial charge in [-0.3, -0.25) is 9.69 Å². The molecule has 1 rings (SSSR count). The van der Waals surface area contributed by atoms with Crippen molar-refractivity contribution in [1.82, 2.24) is 4.90 Å². The Labute approximate surface area is 155 Å². The third kappa shape index (κ3) is 12.5. The normalized spacial score (nSPS) is 16.9. The number of ether oxygens (including phenoxy) is 1. The van der Waals surface area contributed by atoms with Gasteiger partial charge in [0.05, 0.1) is 19.4 Å². The number of Topliss-reactive ketones (excluding diaryl/α,β-unsaturated/α-hetero) is 1. The summed E-state index contributed by atoms with van der Waals surface area (Å²) in [6, 6.07) is 0. The predicted molar refractivity (Wildman–Crippen MR) is 106 cm³/mol. The summed E-state index contributed by atoms with van der Waals surface area (Å²) in [6.45, 7) is 5.59. The van der Waals surface area contributed by atoms with E-state index in [4.69, 9.17) is 10.5 Å². The molecule has 148 valence electrons. The Morgan fingerprint density at radius 1 is 0.880 bits per heavy atom. The van der Waals surface area contributed by atoms with Crippen LogP contribution in [-0.2, 0) is 9.53 Å². The van der Waals surface area contributed by atoms with Crippen molar-refractivity contribution >= 4 is 5.78 Å². The minimum absolute atomic E-state index is 0.0187. The van der Waals surface area contributed by atoms with Crippen LogP contribution in [0.5, 0.6) is 0 Å². The number of carbonyl (C=O) groups excluding carboxylic acids is 1. The molecule has 0 aromatic carbocycles. The van der Waals surface area contributed by atoms with E-state index in [1.807, 2.05) is 0 Å². The van der Waals surface area contributed by atoms with Crippen molar-refractivity contribution < 1.29 is 9.53 Å². The minimum atomic E-state index is 0.0187. The molecule has 4 nitrogen and oxygen atoms in total. The molecule has 0 aromatic heterocycles. The summed E-state index contributed by atoms with van der Waals surface area (Å²) in [5.74, 6) is 0.389. The fourth-order valence-corrected chi connectivity index (χ4v) is 3.51. The van der Waals surface area contributed by atoms with Gasteiger partial charge in [0.25, 0.3) is 0 Å². The van der Waals surface area contributed by atoms with Crippen LogP contribution in [0.3, 0.4) is 0 Å². The lowest BCUT2D eigenvalue weighted by atomic mass is 10.0. The van der Waals surface area contributed by atoms with Gasteiger partial charge in [0.2, 0.25) is 0 Å². The van der Waals surface area contributed by atoms with Crippen LogP contribution in [0.2, 0.25) is 0 Å². The SMILES string of the molecule is CCCCCCCCCCCCCC(=O)CCC(N)N1CCOCC1. The lowest BCUT2D eigenvalue weighted by Crippen LogP contribution is -2.48. The quantitative estimate of drug-likeness (QED) is 0.410. The summed E-state index contributed by atoms with van der Waals surface area (Å²) in [5, 5.41) is 0.